The molecule has 4 atom stereocenters. The zero-order valence-corrected chi connectivity index (χ0v) is 13.4. The summed E-state index contributed by atoms with van der Waals surface area (Å²) in [5, 5.41) is 12.5. The van der Waals surface area contributed by atoms with Crippen molar-refractivity contribution in [1.29, 1.82) is 5.26 Å². The summed E-state index contributed by atoms with van der Waals surface area (Å²) in [6, 6.07) is 6.03. The van der Waals surface area contributed by atoms with E-state index in [1.807, 2.05) is 6.07 Å². The molecule has 0 aliphatic carbocycles. The lowest BCUT2D eigenvalue weighted by Crippen LogP contribution is -2.60. The molecule has 24 heavy (non-hydrogen) atoms. The number of nitrogens with one attached hydrogen (secondary N) is 1. The Morgan fingerprint density at radius 2 is 2.08 bits per heavy atom. The minimum absolute atomic E-state index is 0.156. The second-order valence-corrected chi connectivity index (χ2v) is 6.74. The van der Waals surface area contributed by atoms with Gasteiger partial charge in [-0.15, -0.1) is 0 Å². The Hall–Kier alpha value is -2.75. The maximum Gasteiger partial charge on any atom is 0.246 e. The zero-order chi connectivity index (χ0) is 17.1. The van der Waals surface area contributed by atoms with Gasteiger partial charge in [0.1, 0.15) is 12.1 Å². The van der Waals surface area contributed by atoms with Crippen molar-refractivity contribution in [3.05, 3.63) is 23.8 Å². The number of piperazine rings is 1. The Labute approximate surface area is 139 Å². The van der Waals surface area contributed by atoms with Crippen molar-refractivity contribution in [2.75, 3.05) is 6.79 Å². The molecule has 1 aromatic rings. The number of hydrogen-bond donors (Lipinski definition) is 1. The molecule has 0 bridgehead atoms. The Morgan fingerprint density at radius 3 is 2.83 bits per heavy atom. The van der Waals surface area contributed by atoms with E-state index in [0.717, 1.165) is 5.56 Å². The summed E-state index contributed by atoms with van der Waals surface area (Å²) in [5.74, 6) is 0.870. The SMILES string of the molecule is CC1NC(=O)C2CC(C)(C#N)C(c3ccc4c(c3)OCO4)N2C1=O. The number of carbonyl (C=O) groups is 2. The fourth-order valence-corrected chi connectivity index (χ4v) is 3.91. The van der Waals surface area contributed by atoms with Crippen molar-refractivity contribution >= 4 is 11.8 Å². The molecule has 2 fully saturated rings. The molecule has 0 spiro atoms. The largest absolute Gasteiger partial charge is 0.454 e. The van der Waals surface area contributed by atoms with Gasteiger partial charge in [0, 0.05) is 0 Å². The van der Waals surface area contributed by atoms with Crippen LogP contribution in [-0.4, -0.2) is 35.6 Å². The minimum atomic E-state index is -0.852. The summed E-state index contributed by atoms with van der Waals surface area (Å²) in [7, 11) is 0. The molecule has 0 radical (unpaired) electrons. The van der Waals surface area contributed by atoms with E-state index in [2.05, 4.69) is 11.4 Å². The van der Waals surface area contributed by atoms with E-state index in [1.54, 1.807) is 30.9 Å². The van der Waals surface area contributed by atoms with E-state index in [9.17, 15) is 14.9 Å². The Kier molecular flexibility index (Phi) is 3.01. The summed E-state index contributed by atoms with van der Waals surface area (Å²) in [6.07, 6.45) is 0.312. The minimum Gasteiger partial charge on any atom is -0.454 e. The zero-order valence-electron chi connectivity index (χ0n) is 13.4. The first kappa shape index (κ1) is 14.8. The third kappa shape index (κ3) is 1.89. The van der Waals surface area contributed by atoms with E-state index < -0.39 is 23.5 Å². The molecule has 4 unspecified atom stereocenters. The number of hydrogen-bond acceptors (Lipinski definition) is 5. The highest BCUT2D eigenvalue weighted by Crippen LogP contribution is 2.52. The molecule has 124 valence electrons. The lowest BCUT2D eigenvalue weighted by molar-refractivity contribution is -0.148. The van der Waals surface area contributed by atoms with E-state index in [4.69, 9.17) is 9.47 Å². The fourth-order valence-electron chi connectivity index (χ4n) is 3.91. The molecule has 7 nitrogen and oxygen atoms in total. The topological polar surface area (TPSA) is 91.7 Å². The Morgan fingerprint density at radius 1 is 1.33 bits per heavy atom. The predicted octanol–water partition coefficient (Wildman–Crippen LogP) is 1.11. The summed E-state index contributed by atoms with van der Waals surface area (Å²) in [5.41, 5.74) is -0.0730. The van der Waals surface area contributed by atoms with Gasteiger partial charge in [0.2, 0.25) is 18.6 Å². The van der Waals surface area contributed by atoms with Crippen LogP contribution in [-0.2, 0) is 9.59 Å². The van der Waals surface area contributed by atoms with E-state index in [-0.39, 0.29) is 18.6 Å². The lowest BCUT2D eigenvalue weighted by Gasteiger charge is -2.38. The molecule has 3 aliphatic rings. The molecule has 1 N–H and O–H groups in total. The van der Waals surface area contributed by atoms with Crippen LogP contribution in [0.15, 0.2) is 18.2 Å². The van der Waals surface area contributed by atoms with Crippen LogP contribution >= 0.6 is 0 Å². The molecule has 3 heterocycles. The number of nitriles is 1. The van der Waals surface area contributed by atoms with Crippen LogP contribution in [0.3, 0.4) is 0 Å². The van der Waals surface area contributed by atoms with Crippen LogP contribution in [0, 0.1) is 16.7 Å². The first-order valence-electron chi connectivity index (χ1n) is 7.88. The molecular weight excluding hydrogens is 310 g/mol. The maximum absolute atomic E-state index is 12.7. The number of nitrogens with zero attached hydrogens (tertiary/aromatic N) is 2. The second kappa shape index (κ2) is 4.87. The highest BCUT2D eigenvalue weighted by molar-refractivity contribution is 5.97. The van der Waals surface area contributed by atoms with Crippen LogP contribution < -0.4 is 14.8 Å². The Balaban J connectivity index is 1.83. The first-order valence-corrected chi connectivity index (χ1v) is 7.88. The van der Waals surface area contributed by atoms with Crippen molar-refractivity contribution < 1.29 is 19.1 Å². The molecule has 0 saturated carbocycles. The van der Waals surface area contributed by atoms with Crippen LogP contribution in [0.25, 0.3) is 0 Å². The highest BCUT2D eigenvalue weighted by atomic mass is 16.7. The molecular formula is C17H17N3O4. The third-order valence-electron chi connectivity index (χ3n) is 5.09. The third-order valence-corrected chi connectivity index (χ3v) is 5.09. The van der Waals surface area contributed by atoms with Gasteiger partial charge in [0.15, 0.2) is 11.5 Å². The molecule has 1 aromatic carbocycles. The monoisotopic (exact) mass is 327 g/mol. The first-order chi connectivity index (χ1) is 11.4. The second-order valence-electron chi connectivity index (χ2n) is 6.74. The quantitative estimate of drug-likeness (QED) is 0.834. The number of carbonyl (C=O) groups excluding carboxylic acids is 2. The van der Waals surface area contributed by atoms with Gasteiger partial charge in [-0.3, -0.25) is 9.59 Å². The molecule has 3 aliphatic heterocycles. The van der Waals surface area contributed by atoms with Crippen LogP contribution in [0.5, 0.6) is 11.5 Å². The van der Waals surface area contributed by atoms with Gasteiger partial charge in [-0.1, -0.05) is 6.07 Å². The average molecular weight is 327 g/mol. The standard InChI is InChI=1S/C17H17N3O4/c1-9-16(22)20-11(15(21)19-9)6-17(2,7-18)14(20)10-3-4-12-13(5-10)24-8-23-12/h3-5,9,11,14H,6,8H2,1-2H3,(H,19,21). The summed E-state index contributed by atoms with van der Waals surface area (Å²) < 4.78 is 10.7. The van der Waals surface area contributed by atoms with Gasteiger partial charge in [-0.05, 0) is 38.0 Å². The van der Waals surface area contributed by atoms with Crippen LogP contribution in [0.1, 0.15) is 31.9 Å². The number of benzene rings is 1. The van der Waals surface area contributed by atoms with E-state index >= 15 is 0 Å². The maximum atomic E-state index is 12.7. The molecule has 2 amide bonds. The van der Waals surface area contributed by atoms with Crippen molar-refractivity contribution in [2.45, 2.75) is 38.4 Å². The van der Waals surface area contributed by atoms with Crippen LogP contribution in [0.2, 0.25) is 0 Å². The van der Waals surface area contributed by atoms with E-state index in [1.165, 1.54) is 0 Å². The average Bonchev–Trinajstić information content (AvgIpc) is 3.14. The smallest absolute Gasteiger partial charge is 0.246 e. The van der Waals surface area contributed by atoms with Gasteiger partial charge in [-0.25, -0.2) is 0 Å². The number of rotatable bonds is 1. The highest BCUT2D eigenvalue weighted by Gasteiger charge is 2.57. The van der Waals surface area contributed by atoms with Crippen LogP contribution in [0.4, 0.5) is 0 Å². The van der Waals surface area contributed by atoms with Crippen molar-refractivity contribution in [3.63, 3.8) is 0 Å². The van der Waals surface area contributed by atoms with Crippen molar-refractivity contribution in [3.8, 4) is 17.6 Å². The van der Waals surface area contributed by atoms with Gasteiger partial charge >= 0.3 is 0 Å². The van der Waals surface area contributed by atoms with Gasteiger partial charge in [0.05, 0.1) is 17.5 Å². The Bertz CT molecular complexity index is 787. The number of amides is 2. The molecule has 0 aromatic heterocycles. The summed E-state index contributed by atoms with van der Waals surface area (Å²) >= 11 is 0. The normalized spacial score (nSPS) is 33.9. The van der Waals surface area contributed by atoms with Gasteiger partial charge in [0.25, 0.3) is 0 Å². The number of fused-ring (bicyclic) bond motifs is 2. The summed E-state index contributed by atoms with van der Waals surface area (Å²) in [4.78, 5) is 26.6. The molecule has 2 saturated heterocycles. The number of ether oxygens (including phenoxy) is 2. The van der Waals surface area contributed by atoms with E-state index in [0.29, 0.717) is 17.9 Å². The van der Waals surface area contributed by atoms with Gasteiger partial charge < -0.3 is 19.7 Å². The van der Waals surface area contributed by atoms with Gasteiger partial charge in [-0.2, -0.15) is 5.26 Å². The molecule has 7 heteroatoms. The van der Waals surface area contributed by atoms with Crippen molar-refractivity contribution in [1.82, 2.24) is 10.2 Å². The lowest BCUT2D eigenvalue weighted by atomic mass is 9.79. The molecule has 4 rings (SSSR count). The van der Waals surface area contributed by atoms with Crippen molar-refractivity contribution in [2.24, 2.45) is 5.41 Å². The summed E-state index contributed by atoms with van der Waals surface area (Å²) in [6.45, 7) is 3.62. The predicted molar refractivity (Wildman–Crippen MR) is 81.9 cm³/mol. The fraction of sp³-hybridized carbons (Fsp3) is 0.471.